The number of likely N-dealkylation sites (N-methyl/N-ethyl adjacent to an activating group) is 1. The van der Waals surface area contributed by atoms with E-state index < -0.39 is 32.5 Å². The van der Waals surface area contributed by atoms with Crippen molar-refractivity contribution in [2.75, 3.05) is 47.5 Å². The van der Waals surface area contributed by atoms with Gasteiger partial charge < -0.3 is 27.9 Å². The van der Waals surface area contributed by atoms with Crippen LogP contribution in [0.25, 0.3) is 0 Å². The fourth-order valence-corrected chi connectivity index (χ4v) is 6.18. The van der Waals surface area contributed by atoms with Crippen LogP contribution in [0.15, 0.2) is 97.2 Å². The summed E-state index contributed by atoms with van der Waals surface area (Å²) in [4.78, 5) is 37.6. The summed E-state index contributed by atoms with van der Waals surface area (Å²) in [5.41, 5.74) is 0. The number of quaternary nitrogens is 1. The van der Waals surface area contributed by atoms with Gasteiger partial charge in [0.2, 0.25) is 0 Å². The van der Waals surface area contributed by atoms with E-state index in [0.717, 1.165) is 64.2 Å². The summed E-state index contributed by atoms with van der Waals surface area (Å²) in [6, 6.07) is 0. The van der Waals surface area contributed by atoms with E-state index in [1.54, 1.807) is 0 Å². The molecule has 2 atom stereocenters. The van der Waals surface area contributed by atoms with Gasteiger partial charge in [0.25, 0.3) is 7.82 Å². The quantitative estimate of drug-likeness (QED) is 0.0197. The predicted octanol–water partition coefficient (Wildman–Crippen LogP) is 12.7. The van der Waals surface area contributed by atoms with Gasteiger partial charge >= 0.3 is 11.9 Å². The van der Waals surface area contributed by atoms with E-state index in [9.17, 15) is 19.0 Å². The van der Waals surface area contributed by atoms with Crippen LogP contribution in [0.2, 0.25) is 0 Å². The van der Waals surface area contributed by atoms with Crippen molar-refractivity contribution in [1.82, 2.24) is 0 Å². The Balaban J connectivity index is 4.52. The van der Waals surface area contributed by atoms with Crippen molar-refractivity contribution >= 4 is 19.8 Å². The summed E-state index contributed by atoms with van der Waals surface area (Å²) < 4.78 is 33.8. The van der Waals surface area contributed by atoms with Gasteiger partial charge in [-0.1, -0.05) is 143 Å². The molecule has 10 heteroatoms. The summed E-state index contributed by atoms with van der Waals surface area (Å²) in [7, 11) is 1.09. The first kappa shape index (κ1) is 56.9. The molecular weight excluding hydrogens is 774 g/mol. The Morgan fingerprint density at radius 3 is 1.35 bits per heavy atom. The van der Waals surface area contributed by atoms with Gasteiger partial charge in [0, 0.05) is 12.8 Å². The van der Waals surface area contributed by atoms with Gasteiger partial charge in [0.1, 0.15) is 19.8 Å². The third-order valence-corrected chi connectivity index (χ3v) is 10.0. The molecule has 0 aromatic carbocycles. The number of phosphoric ester groups is 1. The molecule has 342 valence electrons. The van der Waals surface area contributed by atoms with Crippen LogP contribution in [-0.2, 0) is 32.7 Å². The second-order valence-electron chi connectivity index (χ2n) is 16.1. The van der Waals surface area contributed by atoms with Crippen LogP contribution in [0.5, 0.6) is 0 Å². The molecule has 1 unspecified atom stereocenters. The van der Waals surface area contributed by atoms with E-state index in [4.69, 9.17) is 18.5 Å². The summed E-state index contributed by atoms with van der Waals surface area (Å²) in [6.45, 7) is 4.04. The van der Waals surface area contributed by atoms with E-state index in [1.807, 2.05) is 27.2 Å². The summed E-state index contributed by atoms with van der Waals surface area (Å²) >= 11 is 0. The molecule has 0 aromatic heterocycles. The maximum absolute atomic E-state index is 12.7. The molecule has 60 heavy (non-hydrogen) atoms. The van der Waals surface area contributed by atoms with Gasteiger partial charge in [-0.3, -0.25) is 14.2 Å². The smallest absolute Gasteiger partial charge is 0.306 e. The summed E-state index contributed by atoms with van der Waals surface area (Å²) in [5, 5.41) is 0. The van der Waals surface area contributed by atoms with E-state index in [0.29, 0.717) is 30.3 Å². The molecule has 0 amide bonds. The highest BCUT2D eigenvalue weighted by atomic mass is 31.2. The zero-order valence-electron chi connectivity index (χ0n) is 38.4. The Morgan fingerprint density at radius 1 is 0.517 bits per heavy atom. The van der Waals surface area contributed by atoms with Gasteiger partial charge in [-0.2, -0.15) is 0 Å². The number of hydrogen-bond donors (Lipinski definition) is 0. The fourth-order valence-electron chi connectivity index (χ4n) is 5.45. The molecule has 0 bridgehead atoms. The van der Waals surface area contributed by atoms with Crippen LogP contribution >= 0.6 is 7.82 Å². The first-order valence-corrected chi connectivity index (χ1v) is 24.4. The second-order valence-corrected chi connectivity index (χ2v) is 17.5. The van der Waals surface area contributed by atoms with Gasteiger partial charge in [0.15, 0.2) is 6.10 Å². The molecule has 9 nitrogen and oxygen atoms in total. The zero-order chi connectivity index (χ0) is 44.3. The Morgan fingerprint density at radius 2 is 0.917 bits per heavy atom. The first-order valence-electron chi connectivity index (χ1n) is 22.9. The van der Waals surface area contributed by atoms with E-state index in [-0.39, 0.29) is 26.1 Å². The van der Waals surface area contributed by atoms with Crippen molar-refractivity contribution in [3.63, 3.8) is 0 Å². The van der Waals surface area contributed by atoms with Gasteiger partial charge in [-0.25, -0.2) is 0 Å². The monoisotopic (exact) mass is 858 g/mol. The van der Waals surface area contributed by atoms with Crippen LogP contribution < -0.4 is 4.89 Å². The number of hydrogen-bond acceptors (Lipinski definition) is 8. The second kappa shape index (κ2) is 41.3. The number of phosphoric acid groups is 1. The molecule has 0 saturated carbocycles. The number of carbonyl (C=O) groups excluding carboxylic acids is 2. The normalized spacial score (nSPS) is 14.4. The Hall–Kier alpha value is -3.07. The zero-order valence-corrected chi connectivity index (χ0v) is 39.3. The van der Waals surface area contributed by atoms with Gasteiger partial charge in [-0.05, 0) is 96.3 Å². The molecule has 0 radical (unpaired) electrons. The number of allylic oxidation sites excluding steroid dienone is 16. The maximum atomic E-state index is 12.7. The third-order valence-electron chi connectivity index (χ3n) is 9.08. The summed E-state index contributed by atoms with van der Waals surface area (Å²) in [5.74, 6) is -0.946. The highest BCUT2D eigenvalue weighted by Gasteiger charge is 2.21. The van der Waals surface area contributed by atoms with Crippen molar-refractivity contribution in [2.24, 2.45) is 0 Å². The molecule has 0 spiro atoms. The largest absolute Gasteiger partial charge is 0.756 e. The van der Waals surface area contributed by atoms with E-state index >= 15 is 0 Å². The average Bonchev–Trinajstić information content (AvgIpc) is 3.20. The molecule has 0 aliphatic heterocycles. The van der Waals surface area contributed by atoms with Crippen LogP contribution in [0.3, 0.4) is 0 Å². The SMILES string of the molecule is CCCCC/C=C\C/C=C\C/C=C\C/C=C\CCCCCC(=O)OC[C@H](COP(=O)([O-])OCC[N+](C)(C)C)OC(=O)CCC/C=C\C/C=C\C/C=C\C/C=C\CCCCC. The highest BCUT2D eigenvalue weighted by molar-refractivity contribution is 7.45. The first-order chi connectivity index (χ1) is 29.0. The molecular formula is C50H84NO8P. The van der Waals surface area contributed by atoms with Crippen molar-refractivity contribution in [2.45, 2.75) is 161 Å². The molecule has 0 aromatic rings. The Kier molecular flexibility index (Phi) is 39.2. The molecule has 0 aliphatic carbocycles. The minimum atomic E-state index is -4.66. The maximum Gasteiger partial charge on any atom is 0.306 e. The summed E-state index contributed by atoms with van der Waals surface area (Å²) in [6.07, 6.45) is 54.4. The number of carbonyl (C=O) groups is 2. The van der Waals surface area contributed by atoms with E-state index in [1.165, 1.54) is 44.9 Å². The van der Waals surface area contributed by atoms with Gasteiger partial charge in [-0.15, -0.1) is 0 Å². The van der Waals surface area contributed by atoms with Crippen LogP contribution in [0.4, 0.5) is 0 Å². The lowest BCUT2D eigenvalue weighted by Gasteiger charge is -2.28. The van der Waals surface area contributed by atoms with Gasteiger partial charge in [0.05, 0.1) is 27.7 Å². The lowest BCUT2D eigenvalue weighted by Crippen LogP contribution is -2.37. The molecule has 0 heterocycles. The lowest BCUT2D eigenvalue weighted by atomic mass is 10.1. The minimum Gasteiger partial charge on any atom is -0.756 e. The van der Waals surface area contributed by atoms with Crippen molar-refractivity contribution in [1.29, 1.82) is 0 Å². The fraction of sp³-hybridized carbons (Fsp3) is 0.640. The minimum absolute atomic E-state index is 0.0520. The standard InChI is InChI=1S/C50H84NO8P/c1-6-8-10-12-14-16-18-20-22-24-25-27-28-30-32-34-36-38-40-42-49(52)56-46-48(47-58-60(54,55)57-45-44-51(3,4)5)59-50(53)43-41-39-37-35-33-31-29-26-23-21-19-17-15-13-11-9-7-2/h14-17,20-23,25,27,29-32,35,37,48H,6-13,18-19,24,26,28,33-34,36,38-47H2,1-5H3/b16-14-,17-15-,22-20-,23-21-,27-25-,31-29-,32-30-,37-35-/t48-/m1/s1. The number of nitrogens with zero attached hydrogens (tertiary/aromatic N) is 1. The molecule has 0 aliphatic rings. The predicted molar refractivity (Wildman–Crippen MR) is 249 cm³/mol. The number of esters is 2. The number of ether oxygens (including phenoxy) is 2. The molecule has 0 N–H and O–H groups in total. The topological polar surface area (TPSA) is 111 Å². The highest BCUT2D eigenvalue weighted by Crippen LogP contribution is 2.38. The third kappa shape index (κ3) is 44.5. The average molecular weight is 858 g/mol. The van der Waals surface area contributed by atoms with E-state index in [2.05, 4.69) is 105 Å². The van der Waals surface area contributed by atoms with Crippen LogP contribution in [-0.4, -0.2) is 70.0 Å². The number of unbranched alkanes of at least 4 members (excludes halogenated alkanes) is 10. The van der Waals surface area contributed by atoms with Crippen LogP contribution in [0.1, 0.15) is 155 Å². The molecule has 0 saturated heterocycles. The van der Waals surface area contributed by atoms with Crippen LogP contribution in [0, 0.1) is 0 Å². The van der Waals surface area contributed by atoms with Crippen molar-refractivity contribution in [3.05, 3.63) is 97.2 Å². The number of rotatable bonds is 40. The van der Waals surface area contributed by atoms with Crippen molar-refractivity contribution < 1.29 is 42.1 Å². The molecule has 0 fully saturated rings. The Bertz CT molecular complexity index is 1340. The van der Waals surface area contributed by atoms with Crippen molar-refractivity contribution in [3.8, 4) is 0 Å². The lowest BCUT2D eigenvalue weighted by molar-refractivity contribution is -0.870. The Labute approximate surface area is 366 Å². The molecule has 0 rings (SSSR count).